The van der Waals surface area contributed by atoms with E-state index in [0.717, 1.165) is 12.8 Å². The van der Waals surface area contributed by atoms with Crippen LogP contribution >= 0.6 is 11.6 Å². The summed E-state index contributed by atoms with van der Waals surface area (Å²) in [6.45, 7) is 0. The highest BCUT2D eigenvalue weighted by Crippen LogP contribution is 2.30. The molecule has 21 heavy (non-hydrogen) atoms. The highest BCUT2D eigenvalue weighted by Gasteiger charge is 2.30. The van der Waals surface area contributed by atoms with Crippen LogP contribution in [-0.2, 0) is 9.84 Å². The van der Waals surface area contributed by atoms with E-state index in [2.05, 4.69) is 0 Å². The molecule has 0 radical (unpaired) electrons. The molecule has 5 nitrogen and oxygen atoms in total. The predicted molar refractivity (Wildman–Crippen MR) is 84.0 cm³/mol. The first-order valence-corrected chi connectivity index (χ1v) is 9.10. The van der Waals surface area contributed by atoms with Crippen molar-refractivity contribution in [2.75, 3.05) is 6.26 Å². The van der Waals surface area contributed by atoms with Gasteiger partial charge in [0.2, 0.25) is 0 Å². The molecule has 3 N–H and O–H groups in total. The summed E-state index contributed by atoms with van der Waals surface area (Å²) in [5, 5.41) is 7.69. The molecule has 1 aliphatic carbocycles. The molecule has 1 aromatic rings. The molecule has 1 fully saturated rings. The lowest BCUT2D eigenvalue weighted by molar-refractivity contribution is 0.156. The molecule has 1 aliphatic rings. The van der Waals surface area contributed by atoms with Crippen LogP contribution in [0.15, 0.2) is 18.2 Å². The number of nitrogens with one attached hydrogen (secondary N) is 1. The van der Waals surface area contributed by atoms with Gasteiger partial charge in [0.15, 0.2) is 0 Å². The smallest absolute Gasteiger partial charge is 0.150 e. The first kappa shape index (κ1) is 16.1. The average molecular weight is 331 g/mol. The van der Waals surface area contributed by atoms with E-state index in [1.54, 1.807) is 18.2 Å². The Balaban J connectivity index is 2.18. The highest BCUT2D eigenvalue weighted by atomic mass is 35.5. The molecule has 0 heterocycles. The summed E-state index contributed by atoms with van der Waals surface area (Å²) >= 11 is 5.95. The SMILES string of the molecule is CS(=O)(=O)C1CCCC(Oc2cc(Cl)ccc2C(=N)N)C1. The molecule has 2 unspecified atom stereocenters. The van der Waals surface area contributed by atoms with Crippen molar-refractivity contribution in [2.24, 2.45) is 5.73 Å². The van der Waals surface area contributed by atoms with Crippen molar-refractivity contribution >= 4 is 27.3 Å². The van der Waals surface area contributed by atoms with Crippen LogP contribution in [0.25, 0.3) is 0 Å². The number of amidine groups is 1. The molecular formula is C14H19ClN2O3S. The number of sulfone groups is 1. The Hall–Kier alpha value is -1.27. The number of ether oxygens (including phenoxy) is 1. The lowest BCUT2D eigenvalue weighted by Gasteiger charge is -2.29. The second kappa shape index (κ2) is 6.23. The second-order valence-corrected chi connectivity index (χ2v) is 8.17. The van der Waals surface area contributed by atoms with Gasteiger partial charge in [-0.2, -0.15) is 0 Å². The molecular weight excluding hydrogens is 312 g/mol. The van der Waals surface area contributed by atoms with Crippen LogP contribution in [0.4, 0.5) is 0 Å². The average Bonchev–Trinajstić information content (AvgIpc) is 2.37. The number of hydrogen-bond acceptors (Lipinski definition) is 4. The quantitative estimate of drug-likeness (QED) is 0.654. The van der Waals surface area contributed by atoms with Crippen LogP contribution in [0, 0.1) is 5.41 Å². The fourth-order valence-corrected chi connectivity index (χ4v) is 3.91. The Morgan fingerprint density at radius 2 is 2.14 bits per heavy atom. The van der Waals surface area contributed by atoms with Gasteiger partial charge in [-0.25, -0.2) is 8.42 Å². The van der Waals surface area contributed by atoms with Crippen molar-refractivity contribution in [1.29, 1.82) is 5.41 Å². The van der Waals surface area contributed by atoms with E-state index in [-0.39, 0.29) is 17.2 Å². The Labute approximate surface area is 129 Å². The van der Waals surface area contributed by atoms with E-state index < -0.39 is 9.84 Å². The van der Waals surface area contributed by atoms with Crippen molar-refractivity contribution < 1.29 is 13.2 Å². The van der Waals surface area contributed by atoms with Gasteiger partial charge in [0, 0.05) is 17.7 Å². The van der Waals surface area contributed by atoms with Gasteiger partial charge in [-0.1, -0.05) is 11.6 Å². The minimum Gasteiger partial charge on any atom is -0.490 e. The van der Waals surface area contributed by atoms with Crippen LogP contribution < -0.4 is 10.5 Å². The van der Waals surface area contributed by atoms with E-state index in [1.165, 1.54) is 6.26 Å². The van der Waals surface area contributed by atoms with Crippen LogP contribution in [0.5, 0.6) is 5.75 Å². The van der Waals surface area contributed by atoms with Crippen molar-refractivity contribution in [2.45, 2.75) is 37.0 Å². The normalized spacial score (nSPS) is 22.8. The summed E-state index contributed by atoms with van der Waals surface area (Å²) in [6.07, 6.45) is 3.79. The highest BCUT2D eigenvalue weighted by molar-refractivity contribution is 7.91. The summed E-state index contributed by atoms with van der Waals surface area (Å²) in [5.74, 6) is 0.339. The molecule has 7 heteroatoms. The molecule has 0 aliphatic heterocycles. The van der Waals surface area contributed by atoms with Crippen molar-refractivity contribution in [3.8, 4) is 5.75 Å². The zero-order chi connectivity index (χ0) is 15.6. The Bertz CT molecular complexity index is 646. The van der Waals surface area contributed by atoms with Gasteiger partial charge in [-0.3, -0.25) is 5.41 Å². The van der Waals surface area contributed by atoms with Gasteiger partial charge in [0.25, 0.3) is 0 Å². The third kappa shape index (κ3) is 4.11. The summed E-state index contributed by atoms with van der Waals surface area (Å²) in [4.78, 5) is 0. The molecule has 0 amide bonds. The van der Waals surface area contributed by atoms with Crippen molar-refractivity contribution in [3.05, 3.63) is 28.8 Å². The Morgan fingerprint density at radius 3 is 2.76 bits per heavy atom. The summed E-state index contributed by atoms with van der Waals surface area (Å²) < 4.78 is 29.2. The van der Waals surface area contributed by atoms with Gasteiger partial charge in [0.05, 0.1) is 16.9 Å². The van der Waals surface area contributed by atoms with Crippen LogP contribution in [-0.4, -0.2) is 31.9 Å². The first-order valence-electron chi connectivity index (χ1n) is 6.77. The van der Waals surface area contributed by atoms with E-state index in [1.807, 2.05) is 0 Å². The lowest BCUT2D eigenvalue weighted by atomic mass is 9.97. The van der Waals surface area contributed by atoms with Crippen molar-refractivity contribution in [3.63, 3.8) is 0 Å². The minimum atomic E-state index is -3.06. The molecule has 0 aromatic heterocycles. The second-order valence-electron chi connectivity index (χ2n) is 5.41. The van der Waals surface area contributed by atoms with Gasteiger partial charge < -0.3 is 10.5 Å². The fourth-order valence-electron chi connectivity index (χ4n) is 2.59. The topological polar surface area (TPSA) is 93.2 Å². The molecule has 1 saturated carbocycles. The van der Waals surface area contributed by atoms with Gasteiger partial charge in [0.1, 0.15) is 21.4 Å². The molecule has 0 saturated heterocycles. The Kier molecular flexibility index (Phi) is 4.78. The van der Waals surface area contributed by atoms with Crippen LogP contribution in [0.1, 0.15) is 31.2 Å². The van der Waals surface area contributed by atoms with Gasteiger partial charge >= 0.3 is 0 Å². The van der Waals surface area contributed by atoms with E-state index in [0.29, 0.717) is 29.2 Å². The van der Waals surface area contributed by atoms with Crippen LogP contribution in [0.3, 0.4) is 0 Å². The maximum atomic E-state index is 11.7. The van der Waals surface area contributed by atoms with Gasteiger partial charge in [-0.15, -0.1) is 0 Å². The number of nitrogen functional groups attached to an aromatic ring is 1. The van der Waals surface area contributed by atoms with E-state index in [4.69, 9.17) is 27.5 Å². The Morgan fingerprint density at radius 1 is 1.43 bits per heavy atom. The number of halogens is 1. The third-order valence-electron chi connectivity index (χ3n) is 3.71. The molecule has 1 aromatic carbocycles. The zero-order valence-electron chi connectivity index (χ0n) is 11.8. The number of hydrogen-bond donors (Lipinski definition) is 2. The standard InChI is InChI=1S/C14H19ClN2O3S/c1-21(18,19)11-4-2-3-10(8-11)20-13-7-9(15)5-6-12(13)14(16)17/h5-7,10-11H,2-4,8H2,1H3,(H3,16,17). The van der Waals surface area contributed by atoms with Gasteiger partial charge in [-0.05, 0) is 37.5 Å². The number of nitrogens with two attached hydrogens (primary N) is 1. The lowest BCUT2D eigenvalue weighted by Crippen LogP contribution is -2.33. The van der Waals surface area contributed by atoms with E-state index >= 15 is 0 Å². The number of benzene rings is 1. The maximum Gasteiger partial charge on any atom is 0.150 e. The van der Waals surface area contributed by atoms with E-state index in [9.17, 15) is 8.42 Å². The maximum absolute atomic E-state index is 11.7. The number of rotatable bonds is 4. The largest absolute Gasteiger partial charge is 0.490 e. The third-order valence-corrected chi connectivity index (χ3v) is 5.59. The molecule has 0 spiro atoms. The summed E-state index contributed by atoms with van der Waals surface area (Å²) in [5.41, 5.74) is 6.00. The summed E-state index contributed by atoms with van der Waals surface area (Å²) in [7, 11) is -3.06. The molecule has 2 atom stereocenters. The van der Waals surface area contributed by atoms with Crippen LogP contribution in [0.2, 0.25) is 5.02 Å². The first-order chi connectivity index (χ1) is 9.77. The summed E-state index contributed by atoms with van der Waals surface area (Å²) in [6, 6.07) is 4.89. The van der Waals surface area contributed by atoms with Crippen molar-refractivity contribution in [1.82, 2.24) is 0 Å². The molecule has 116 valence electrons. The fraction of sp³-hybridized carbons (Fsp3) is 0.500. The molecule has 2 rings (SSSR count). The molecule has 0 bridgehead atoms. The predicted octanol–water partition coefficient (Wildman–Crippen LogP) is 2.36. The zero-order valence-corrected chi connectivity index (χ0v) is 13.4. The monoisotopic (exact) mass is 330 g/mol. The minimum absolute atomic E-state index is 0.0999.